The van der Waals surface area contributed by atoms with Crippen LogP contribution in [0, 0.1) is 51.7 Å². The molecule has 0 radical (unpaired) electrons. The van der Waals surface area contributed by atoms with Crippen molar-refractivity contribution in [2.24, 2.45) is 57.8 Å². The topological polar surface area (TPSA) is 114 Å². The number of nitrogens with one attached hydrogen (secondary N) is 2. The molecule has 6 N–H and O–H groups in total. The van der Waals surface area contributed by atoms with Gasteiger partial charge >= 0.3 is 5.97 Å². The zero-order chi connectivity index (χ0) is 28.4. The van der Waals surface area contributed by atoms with E-state index >= 15 is 0 Å². The lowest BCUT2D eigenvalue weighted by molar-refractivity contribution is -0.153. The van der Waals surface area contributed by atoms with Crippen molar-refractivity contribution >= 4 is 24.3 Å². The standard InChI is InChI=1S/C33H58N4O2.ClH/c1-21(2)8-6-9-22(3)26-13-14-27-25-12-11-23-20-24(39-30(38)29(34)10-7-19-37-31(35)36)15-17-32(23,4)28(25)16-18-33(26,27)5;/h11,21-22,24-29H,6-10,12-20,34H2,1-5H3,(H4,35,36,37);1H/t22-,24?,25+,26-,27+,28+,29+,32+,33-;/m1./s1. The summed E-state index contributed by atoms with van der Waals surface area (Å²) in [4.78, 5) is 12.7. The maximum atomic E-state index is 12.7. The van der Waals surface area contributed by atoms with E-state index in [9.17, 15) is 4.79 Å². The Hall–Kier alpha value is -1.27. The first-order valence-corrected chi connectivity index (χ1v) is 16.2. The summed E-state index contributed by atoms with van der Waals surface area (Å²) in [5.41, 5.74) is 13.8. The summed E-state index contributed by atoms with van der Waals surface area (Å²) in [6.45, 7) is 13.0. The normalized spacial score (nSPS) is 36.3. The van der Waals surface area contributed by atoms with Crippen molar-refractivity contribution in [3.05, 3.63) is 11.6 Å². The average molecular weight is 579 g/mol. The van der Waals surface area contributed by atoms with Gasteiger partial charge in [-0.25, -0.2) is 0 Å². The van der Waals surface area contributed by atoms with Gasteiger partial charge < -0.3 is 21.5 Å². The molecule has 4 aliphatic carbocycles. The number of guanidine groups is 1. The predicted molar refractivity (Wildman–Crippen MR) is 167 cm³/mol. The molecule has 0 heterocycles. The minimum absolute atomic E-state index is 0. The molecule has 7 heteroatoms. The highest BCUT2D eigenvalue weighted by Gasteiger charge is 2.59. The molecule has 0 spiro atoms. The molecule has 0 aromatic carbocycles. The number of allylic oxidation sites excluding steroid dienone is 1. The van der Waals surface area contributed by atoms with Gasteiger partial charge in [-0.3, -0.25) is 10.2 Å². The van der Waals surface area contributed by atoms with Crippen LogP contribution in [-0.4, -0.2) is 30.6 Å². The van der Waals surface area contributed by atoms with Crippen LogP contribution in [0.25, 0.3) is 0 Å². The molecule has 9 atom stereocenters. The Morgan fingerprint density at radius 3 is 2.52 bits per heavy atom. The summed E-state index contributed by atoms with van der Waals surface area (Å²) in [7, 11) is 0. The number of nitrogens with two attached hydrogens (primary N) is 2. The number of rotatable bonds is 11. The molecular weight excluding hydrogens is 520 g/mol. The number of hydrogen-bond donors (Lipinski definition) is 4. The lowest BCUT2D eigenvalue weighted by Gasteiger charge is -2.58. The van der Waals surface area contributed by atoms with E-state index in [1.54, 1.807) is 5.57 Å². The van der Waals surface area contributed by atoms with Crippen molar-refractivity contribution in [1.29, 1.82) is 5.41 Å². The van der Waals surface area contributed by atoms with Gasteiger partial charge in [0.2, 0.25) is 0 Å². The van der Waals surface area contributed by atoms with E-state index in [0.29, 0.717) is 24.8 Å². The second-order valence-electron chi connectivity index (χ2n) is 14.7. The molecule has 4 rings (SSSR count). The van der Waals surface area contributed by atoms with E-state index in [1.165, 1.54) is 51.4 Å². The molecular formula is C33H59ClN4O2. The van der Waals surface area contributed by atoms with Crippen LogP contribution >= 0.6 is 12.4 Å². The molecule has 0 aromatic rings. The quantitative estimate of drug-likeness (QED) is 0.0696. The van der Waals surface area contributed by atoms with Crippen molar-refractivity contribution in [1.82, 2.24) is 5.32 Å². The van der Waals surface area contributed by atoms with Gasteiger partial charge in [-0.1, -0.05) is 65.5 Å². The molecule has 3 fully saturated rings. The van der Waals surface area contributed by atoms with Crippen molar-refractivity contribution < 1.29 is 9.53 Å². The second kappa shape index (κ2) is 13.8. The molecule has 0 saturated heterocycles. The minimum atomic E-state index is -0.615. The van der Waals surface area contributed by atoms with Crippen LogP contribution in [0.3, 0.4) is 0 Å². The van der Waals surface area contributed by atoms with Crippen LogP contribution in [0.1, 0.15) is 118 Å². The number of esters is 1. The van der Waals surface area contributed by atoms with Crippen LogP contribution in [0.2, 0.25) is 0 Å². The third kappa shape index (κ3) is 7.02. The fourth-order valence-corrected chi connectivity index (χ4v) is 9.67. The van der Waals surface area contributed by atoms with Crippen LogP contribution in [-0.2, 0) is 9.53 Å². The Morgan fingerprint density at radius 2 is 1.82 bits per heavy atom. The molecule has 1 unspecified atom stereocenters. The number of carbonyl (C=O) groups excluding carboxylic acids is 1. The highest BCUT2D eigenvalue weighted by atomic mass is 35.5. The molecule has 0 bridgehead atoms. The van der Waals surface area contributed by atoms with E-state index in [1.807, 2.05) is 0 Å². The Kier molecular flexibility index (Phi) is 11.5. The first-order chi connectivity index (χ1) is 18.5. The second-order valence-corrected chi connectivity index (χ2v) is 14.7. The first kappa shape index (κ1) is 33.2. The van der Waals surface area contributed by atoms with E-state index in [-0.39, 0.29) is 35.9 Å². The number of carbonyl (C=O) groups is 1. The molecule has 6 nitrogen and oxygen atoms in total. The van der Waals surface area contributed by atoms with Gasteiger partial charge in [0.15, 0.2) is 5.96 Å². The van der Waals surface area contributed by atoms with Crippen molar-refractivity contribution in [3.63, 3.8) is 0 Å². The Balaban J connectivity index is 0.00000441. The van der Waals surface area contributed by atoms with Gasteiger partial charge in [-0.15, -0.1) is 12.4 Å². The highest BCUT2D eigenvalue weighted by Crippen LogP contribution is 2.67. The van der Waals surface area contributed by atoms with Gasteiger partial charge in [-0.05, 0) is 104 Å². The first-order valence-electron chi connectivity index (χ1n) is 16.2. The van der Waals surface area contributed by atoms with Crippen molar-refractivity contribution in [2.45, 2.75) is 130 Å². The number of fused-ring (bicyclic) bond motifs is 5. The number of halogens is 1. The summed E-state index contributed by atoms with van der Waals surface area (Å²) in [6, 6.07) is -0.615. The zero-order valence-corrected chi connectivity index (χ0v) is 26.8. The highest BCUT2D eigenvalue weighted by molar-refractivity contribution is 5.85. The largest absolute Gasteiger partial charge is 0.461 e. The monoisotopic (exact) mass is 578 g/mol. The SMILES string of the molecule is CC(C)CCC[C@@H](C)[C@H]1CC[C@H]2[C@@H]3CC=C4CC(OC(=O)[C@@H](N)CCCNC(=N)N)CC[C@]4(C)[C@H]3CC[C@]12C.Cl. The maximum absolute atomic E-state index is 12.7. The molecule has 0 amide bonds. The van der Waals surface area contributed by atoms with Gasteiger partial charge in [0.05, 0.1) is 0 Å². The number of hydrogen-bond acceptors (Lipinski definition) is 4. The maximum Gasteiger partial charge on any atom is 0.323 e. The lowest BCUT2D eigenvalue weighted by Crippen LogP contribution is -2.51. The minimum Gasteiger partial charge on any atom is -0.461 e. The number of ether oxygens (including phenoxy) is 1. The van der Waals surface area contributed by atoms with E-state index < -0.39 is 6.04 Å². The Bertz CT molecular complexity index is 909. The van der Waals surface area contributed by atoms with Gasteiger partial charge in [0, 0.05) is 13.0 Å². The van der Waals surface area contributed by atoms with Crippen molar-refractivity contribution in [3.8, 4) is 0 Å². The third-order valence-electron chi connectivity index (χ3n) is 11.9. The fourth-order valence-electron chi connectivity index (χ4n) is 9.67. The Labute approximate surface area is 250 Å². The van der Waals surface area contributed by atoms with E-state index in [0.717, 1.165) is 54.8 Å². The summed E-state index contributed by atoms with van der Waals surface area (Å²) < 4.78 is 5.94. The molecule has 4 aliphatic rings. The van der Waals surface area contributed by atoms with E-state index in [2.05, 4.69) is 46.0 Å². The lowest BCUT2D eigenvalue weighted by atomic mass is 9.47. The summed E-state index contributed by atoms with van der Waals surface area (Å²) in [5, 5.41) is 9.98. The van der Waals surface area contributed by atoms with Gasteiger partial charge in [-0.2, -0.15) is 0 Å². The third-order valence-corrected chi connectivity index (χ3v) is 11.9. The Morgan fingerprint density at radius 1 is 1.07 bits per heavy atom. The predicted octanol–water partition coefficient (Wildman–Crippen LogP) is 6.95. The van der Waals surface area contributed by atoms with Gasteiger partial charge in [0.25, 0.3) is 0 Å². The smallest absolute Gasteiger partial charge is 0.323 e. The van der Waals surface area contributed by atoms with Crippen LogP contribution in [0.4, 0.5) is 0 Å². The fraction of sp³-hybridized carbons (Fsp3) is 0.879. The summed E-state index contributed by atoms with van der Waals surface area (Å²) >= 11 is 0. The molecule has 3 saturated carbocycles. The zero-order valence-electron chi connectivity index (χ0n) is 26.0. The summed E-state index contributed by atoms with van der Waals surface area (Å²) in [6.07, 6.45) is 17.7. The van der Waals surface area contributed by atoms with Crippen LogP contribution in [0.15, 0.2) is 11.6 Å². The molecule has 230 valence electrons. The van der Waals surface area contributed by atoms with Crippen LogP contribution < -0.4 is 16.8 Å². The molecule has 0 aromatic heterocycles. The van der Waals surface area contributed by atoms with Crippen molar-refractivity contribution in [2.75, 3.05) is 6.54 Å². The molecule has 0 aliphatic heterocycles. The van der Waals surface area contributed by atoms with Crippen LogP contribution in [0.5, 0.6) is 0 Å². The molecule has 40 heavy (non-hydrogen) atoms. The average Bonchev–Trinajstić information content (AvgIpc) is 3.23. The van der Waals surface area contributed by atoms with E-state index in [4.69, 9.17) is 21.6 Å². The summed E-state index contributed by atoms with van der Waals surface area (Å²) in [5.74, 6) is 4.69. The van der Waals surface area contributed by atoms with Gasteiger partial charge in [0.1, 0.15) is 12.1 Å².